The van der Waals surface area contributed by atoms with Crippen molar-refractivity contribution < 1.29 is 9.90 Å². The highest BCUT2D eigenvalue weighted by Gasteiger charge is 2.39. The molecule has 122 valence electrons. The van der Waals surface area contributed by atoms with E-state index in [4.69, 9.17) is 0 Å². The molecular weight excluding hydrogens is 292 g/mol. The van der Waals surface area contributed by atoms with Crippen LogP contribution in [-0.2, 0) is 11.2 Å². The minimum atomic E-state index is -0.258. The molecule has 1 saturated carbocycles. The van der Waals surface area contributed by atoms with Crippen molar-refractivity contribution in [3.63, 3.8) is 0 Å². The monoisotopic (exact) mass is 314 g/mol. The van der Waals surface area contributed by atoms with Crippen LogP contribution in [-0.4, -0.2) is 28.6 Å². The summed E-state index contributed by atoms with van der Waals surface area (Å²) in [6.45, 7) is 2.06. The van der Waals surface area contributed by atoms with Gasteiger partial charge in [-0.05, 0) is 30.4 Å². The summed E-state index contributed by atoms with van der Waals surface area (Å²) < 4.78 is 0. The van der Waals surface area contributed by atoms with Crippen molar-refractivity contribution in [1.82, 2.24) is 10.3 Å². The van der Waals surface area contributed by atoms with Crippen LogP contribution in [0.3, 0.4) is 0 Å². The normalized spacial score (nSPS) is 24.0. The van der Waals surface area contributed by atoms with Gasteiger partial charge in [0.05, 0.1) is 13.0 Å². The quantitative estimate of drug-likeness (QED) is 0.804. The molecule has 2 unspecified atom stereocenters. The maximum atomic E-state index is 12.3. The number of carbonyl (C=O) groups is 1. The first kappa shape index (κ1) is 15.7. The van der Waals surface area contributed by atoms with Crippen molar-refractivity contribution in [3.05, 3.63) is 46.2 Å². The van der Waals surface area contributed by atoms with E-state index in [2.05, 4.69) is 10.3 Å². The van der Waals surface area contributed by atoms with Gasteiger partial charge < -0.3 is 15.4 Å². The average Bonchev–Trinajstić information content (AvgIpc) is 2.89. The highest BCUT2D eigenvalue weighted by Crippen LogP contribution is 2.37. The summed E-state index contributed by atoms with van der Waals surface area (Å²) in [5.74, 6) is -0.169. The third kappa shape index (κ3) is 3.15. The molecule has 5 heteroatoms. The van der Waals surface area contributed by atoms with Gasteiger partial charge in [-0.25, -0.2) is 0 Å². The Morgan fingerprint density at radius 3 is 3.00 bits per heavy atom. The molecule has 2 atom stereocenters. The van der Waals surface area contributed by atoms with Crippen molar-refractivity contribution in [2.75, 3.05) is 6.61 Å². The fourth-order valence-corrected chi connectivity index (χ4v) is 3.41. The van der Waals surface area contributed by atoms with E-state index in [9.17, 15) is 14.7 Å². The number of aromatic amines is 1. The lowest BCUT2D eigenvalue weighted by molar-refractivity contribution is -0.122. The van der Waals surface area contributed by atoms with Crippen LogP contribution >= 0.6 is 0 Å². The van der Waals surface area contributed by atoms with Crippen molar-refractivity contribution in [2.24, 2.45) is 5.41 Å². The topological polar surface area (TPSA) is 82.2 Å². The van der Waals surface area contributed by atoms with E-state index in [0.717, 1.165) is 30.2 Å². The molecular formula is C18H22N2O3. The molecule has 1 aromatic carbocycles. The molecule has 2 aromatic rings. The van der Waals surface area contributed by atoms with Crippen molar-refractivity contribution >= 4 is 16.8 Å². The number of benzene rings is 1. The minimum Gasteiger partial charge on any atom is -0.396 e. The van der Waals surface area contributed by atoms with Crippen LogP contribution in [0.25, 0.3) is 10.9 Å². The molecule has 0 radical (unpaired) electrons. The number of carbonyl (C=O) groups excluding carboxylic acids is 1. The summed E-state index contributed by atoms with van der Waals surface area (Å²) in [5, 5.41) is 13.5. The van der Waals surface area contributed by atoms with Crippen molar-refractivity contribution in [1.29, 1.82) is 0 Å². The predicted octanol–water partition coefficient (Wildman–Crippen LogP) is 1.74. The Morgan fingerprint density at radius 1 is 1.43 bits per heavy atom. The van der Waals surface area contributed by atoms with Crippen molar-refractivity contribution in [2.45, 2.75) is 38.6 Å². The number of H-pyrrole nitrogens is 1. The number of hydrogen-bond donors (Lipinski definition) is 3. The van der Waals surface area contributed by atoms with E-state index >= 15 is 0 Å². The zero-order chi connectivity index (χ0) is 16.4. The molecule has 1 fully saturated rings. The third-order valence-corrected chi connectivity index (χ3v) is 4.96. The maximum Gasteiger partial charge on any atom is 0.252 e. The van der Waals surface area contributed by atoms with Gasteiger partial charge in [-0.1, -0.05) is 31.5 Å². The van der Waals surface area contributed by atoms with Gasteiger partial charge in [-0.3, -0.25) is 9.59 Å². The van der Waals surface area contributed by atoms with Crippen LogP contribution in [0, 0.1) is 5.41 Å². The minimum absolute atomic E-state index is 0.0282. The number of nitrogens with one attached hydrogen (secondary N) is 2. The number of rotatable bonds is 4. The van der Waals surface area contributed by atoms with Gasteiger partial charge in [0.2, 0.25) is 5.91 Å². The average molecular weight is 314 g/mol. The van der Waals surface area contributed by atoms with E-state index in [1.54, 1.807) is 6.07 Å². The standard InChI is InChI=1S/C18H22N2O3/c1-18(11-21)8-4-7-15(18)20-16(22)10-13-9-12-5-2-3-6-14(12)19-17(13)23/h2-3,5-6,9,15,21H,4,7-8,10-11H2,1H3,(H,19,23)(H,20,22). The summed E-state index contributed by atoms with van der Waals surface area (Å²) >= 11 is 0. The number of fused-ring (bicyclic) bond motifs is 1. The molecule has 1 aliphatic carbocycles. The van der Waals surface area contributed by atoms with Gasteiger partial charge in [0, 0.05) is 22.5 Å². The summed E-state index contributed by atoms with van der Waals surface area (Å²) in [7, 11) is 0. The molecule has 1 heterocycles. The molecule has 0 spiro atoms. The fraction of sp³-hybridized carbons (Fsp3) is 0.444. The molecule has 1 aromatic heterocycles. The van der Waals surface area contributed by atoms with Crippen LogP contribution in [0.5, 0.6) is 0 Å². The third-order valence-electron chi connectivity index (χ3n) is 4.96. The molecule has 1 aliphatic rings. The highest BCUT2D eigenvalue weighted by atomic mass is 16.3. The van der Waals surface area contributed by atoms with Crippen molar-refractivity contribution in [3.8, 4) is 0 Å². The van der Waals surface area contributed by atoms with Gasteiger partial charge in [0.1, 0.15) is 0 Å². The van der Waals surface area contributed by atoms with E-state index < -0.39 is 0 Å². The lowest BCUT2D eigenvalue weighted by Crippen LogP contribution is -2.45. The Balaban J connectivity index is 1.75. The number of aliphatic hydroxyl groups excluding tert-OH is 1. The molecule has 0 saturated heterocycles. The van der Waals surface area contributed by atoms with Gasteiger partial charge in [-0.2, -0.15) is 0 Å². The smallest absolute Gasteiger partial charge is 0.252 e. The van der Waals surface area contributed by atoms with E-state index in [1.165, 1.54) is 0 Å². The summed E-state index contributed by atoms with van der Waals surface area (Å²) in [6, 6.07) is 9.25. The lowest BCUT2D eigenvalue weighted by Gasteiger charge is -2.30. The van der Waals surface area contributed by atoms with Gasteiger partial charge >= 0.3 is 0 Å². The van der Waals surface area contributed by atoms with E-state index in [-0.39, 0.29) is 36.0 Å². The van der Waals surface area contributed by atoms with E-state index in [1.807, 2.05) is 31.2 Å². The second-order valence-electron chi connectivity index (χ2n) is 6.71. The number of aliphatic hydroxyl groups is 1. The molecule has 3 N–H and O–H groups in total. The van der Waals surface area contributed by atoms with Crippen LogP contribution in [0.15, 0.2) is 35.1 Å². The number of para-hydroxylation sites is 1. The number of pyridine rings is 1. The number of aromatic nitrogens is 1. The molecule has 23 heavy (non-hydrogen) atoms. The van der Waals surface area contributed by atoms with Crippen LogP contribution in [0.2, 0.25) is 0 Å². The first-order valence-corrected chi connectivity index (χ1v) is 8.03. The zero-order valence-corrected chi connectivity index (χ0v) is 13.3. The SMILES string of the molecule is CC1(CO)CCCC1NC(=O)Cc1cc2ccccc2[nH]c1=O. The molecule has 5 nitrogen and oxygen atoms in total. The van der Waals surface area contributed by atoms with Crippen LogP contribution in [0.4, 0.5) is 0 Å². The first-order chi connectivity index (χ1) is 11.0. The van der Waals surface area contributed by atoms with Gasteiger partial charge in [-0.15, -0.1) is 0 Å². The second-order valence-corrected chi connectivity index (χ2v) is 6.71. The maximum absolute atomic E-state index is 12.3. The van der Waals surface area contributed by atoms with Crippen LogP contribution < -0.4 is 10.9 Å². The summed E-state index contributed by atoms with van der Waals surface area (Å²) in [5.41, 5.74) is 0.747. The Morgan fingerprint density at radius 2 is 2.22 bits per heavy atom. The Kier molecular flexibility index (Phi) is 4.22. The molecule has 0 aliphatic heterocycles. The van der Waals surface area contributed by atoms with Gasteiger partial charge in [0.25, 0.3) is 5.56 Å². The fourth-order valence-electron chi connectivity index (χ4n) is 3.41. The molecule has 3 rings (SSSR count). The molecule has 0 bridgehead atoms. The Labute approximate surface area is 134 Å². The lowest BCUT2D eigenvalue weighted by atomic mass is 9.85. The van der Waals surface area contributed by atoms with Gasteiger partial charge in [0.15, 0.2) is 0 Å². The largest absolute Gasteiger partial charge is 0.396 e. The number of amides is 1. The Bertz CT molecular complexity index is 783. The number of hydrogen-bond acceptors (Lipinski definition) is 3. The molecule has 1 amide bonds. The summed E-state index contributed by atoms with van der Waals surface area (Å²) in [4.78, 5) is 27.2. The highest BCUT2D eigenvalue weighted by molar-refractivity contribution is 5.82. The van der Waals surface area contributed by atoms with Crippen LogP contribution in [0.1, 0.15) is 31.7 Å². The second kappa shape index (κ2) is 6.16. The summed E-state index contributed by atoms with van der Waals surface area (Å²) in [6.07, 6.45) is 2.83. The van der Waals surface area contributed by atoms with E-state index in [0.29, 0.717) is 5.56 Å². The zero-order valence-electron chi connectivity index (χ0n) is 13.3. The Hall–Kier alpha value is -2.14. The predicted molar refractivity (Wildman–Crippen MR) is 89.2 cm³/mol. The first-order valence-electron chi connectivity index (χ1n) is 8.03.